The molecule has 0 bridgehead atoms. The van der Waals surface area contributed by atoms with Crippen LogP contribution in [0.2, 0.25) is 0 Å². The number of anilines is 1. The van der Waals surface area contributed by atoms with Crippen LogP contribution in [0.4, 0.5) is 10.5 Å². The maximum atomic E-state index is 12.7. The van der Waals surface area contributed by atoms with Crippen molar-refractivity contribution in [3.8, 4) is 5.75 Å². The number of benzene rings is 2. The van der Waals surface area contributed by atoms with Crippen LogP contribution in [-0.4, -0.2) is 47.7 Å². The van der Waals surface area contributed by atoms with E-state index in [1.807, 2.05) is 19.1 Å². The van der Waals surface area contributed by atoms with E-state index in [4.69, 9.17) is 9.47 Å². The van der Waals surface area contributed by atoms with Gasteiger partial charge < -0.3 is 14.8 Å². The first-order valence-electron chi connectivity index (χ1n) is 9.96. The molecule has 3 amide bonds. The van der Waals surface area contributed by atoms with Crippen molar-refractivity contribution in [2.45, 2.75) is 13.8 Å². The van der Waals surface area contributed by atoms with Gasteiger partial charge in [-0.2, -0.15) is 0 Å². The summed E-state index contributed by atoms with van der Waals surface area (Å²) in [6.07, 6.45) is 1.56. The van der Waals surface area contributed by atoms with Gasteiger partial charge >= 0.3 is 5.97 Å². The van der Waals surface area contributed by atoms with Gasteiger partial charge in [-0.1, -0.05) is 23.8 Å². The lowest BCUT2D eigenvalue weighted by molar-refractivity contribution is -0.145. The molecule has 1 saturated heterocycles. The first kappa shape index (κ1) is 24.5. The minimum Gasteiger partial charge on any atom is -0.481 e. The fraction of sp³-hybridized carbons (Fsp3) is 0.217. The van der Waals surface area contributed by atoms with Gasteiger partial charge in [0.25, 0.3) is 11.1 Å². The number of imide groups is 1. The number of carbonyl (C=O) groups is 4. The summed E-state index contributed by atoms with van der Waals surface area (Å²) in [5.74, 6) is -1.05. The maximum Gasteiger partial charge on any atom is 0.344 e. The minimum absolute atomic E-state index is 0.204. The Balaban J connectivity index is 1.63. The summed E-state index contributed by atoms with van der Waals surface area (Å²) in [7, 11) is 0. The Kier molecular flexibility index (Phi) is 8.29. The molecule has 3 rings (SSSR count). The summed E-state index contributed by atoms with van der Waals surface area (Å²) in [6.45, 7) is 3.31. The van der Waals surface area contributed by atoms with Crippen LogP contribution in [0.1, 0.15) is 18.1 Å². The van der Waals surface area contributed by atoms with Crippen molar-refractivity contribution in [1.82, 2.24) is 4.90 Å². The molecule has 1 aliphatic rings. The highest BCUT2D eigenvalue weighted by molar-refractivity contribution is 9.10. The number of rotatable bonds is 8. The predicted octanol–water partition coefficient (Wildman–Crippen LogP) is 4.37. The summed E-state index contributed by atoms with van der Waals surface area (Å²) in [6, 6.07) is 12.2. The van der Waals surface area contributed by atoms with Gasteiger partial charge in [-0.05, 0) is 77.4 Å². The van der Waals surface area contributed by atoms with Gasteiger partial charge in [0.05, 0.1) is 16.0 Å². The standard InChI is InChI=1S/C23H21BrN2O6S/c1-3-31-21(28)13-32-18-9-6-15(10-17(18)24)11-19-22(29)26(23(30)33-19)12-20(27)25-16-7-4-14(2)5-8-16/h4-11H,3,12-13H2,1-2H3,(H,25,27)/b19-11+. The van der Waals surface area contributed by atoms with E-state index in [1.165, 1.54) is 0 Å². The van der Waals surface area contributed by atoms with E-state index in [9.17, 15) is 19.2 Å². The molecule has 1 aliphatic heterocycles. The van der Waals surface area contributed by atoms with Crippen LogP contribution in [0.15, 0.2) is 51.8 Å². The Morgan fingerprint density at radius 3 is 2.55 bits per heavy atom. The van der Waals surface area contributed by atoms with Crippen molar-refractivity contribution >= 4 is 62.5 Å². The molecular formula is C23H21BrN2O6S. The van der Waals surface area contributed by atoms with Crippen LogP contribution < -0.4 is 10.1 Å². The fourth-order valence-corrected chi connectivity index (χ4v) is 4.18. The number of ether oxygens (including phenoxy) is 2. The van der Waals surface area contributed by atoms with Crippen LogP contribution in [0.5, 0.6) is 5.75 Å². The molecule has 2 aromatic rings. The van der Waals surface area contributed by atoms with Crippen LogP contribution in [-0.2, 0) is 19.1 Å². The quantitative estimate of drug-likeness (QED) is 0.397. The lowest BCUT2D eigenvalue weighted by Crippen LogP contribution is -2.36. The lowest BCUT2D eigenvalue weighted by atomic mass is 10.2. The first-order chi connectivity index (χ1) is 15.8. The molecule has 2 aromatic carbocycles. The van der Waals surface area contributed by atoms with Gasteiger partial charge in [-0.25, -0.2) is 4.79 Å². The highest BCUT2D eigenvalue weighted by Crippen LogP contribution is 2.33. The molecule has 0 saturated carbocycles. The monoisotopic (exact) mass is 532 g/mol. The first-order valence-corrected chi connectivity index (χ1v) is 11.6. The van der Waals surface area contributed by atoms with E-state index in [0.29, 0.717) is 21.5 Å². The zero-order valence-corrected chi connectivity index (χ0v) is 20.3. The van der Waals surface area contributed by atoms with E-state index in [-0.39, 0.29) is 24.7 Å². The van der Waals surface area contributed by atoms with Crippen LogP contribution in [0.3, 0.4) is 0 Å². The van der Waals surface area contributed by atoms with Gasteiger partial charge in [0.15, 0.2) is 6.61 Å². The number of thioether (sulfide) groups is 1. The Bertz CT molecular complexity index is 1120. The number of nitrogens with zero attached hydrogens (tertiary/aromatic N) is 1. The Morgan fingerprint density at radius 2 is 1.88 bits per heavy atom. The molecule has 0 aromatic heterocycles. The Hall–Kier alpha value is -3.11. The summed E-state index contributed by atoms with van der Waals surface area (Å²) >= 11 is 4.13. The van der Waals surface area contributed by atoms with Crippen molar-refractivity contribution in [3.63, 3.8) is 0 Å². The molecule has 1 heterocycles. The van der Waals surface area contributed by atoms with E-state index < -0.39 is 23.0 Å². The van der Waals surface area contributed by atoms with Crippen LogP contribution in [0.25, 0.3) is 6.08 Å². The minimum atomic E-state index is -0.539. The normalized spacial score (nSPS) is 14.5. The second kappa shape index (κ2) is 11.2. The van der Waals surface area contributed by atoms with Crippen molar-refractivity contribution in [2.75, 3.05) is 25.1 Å². The Morgan fingerprint density at radius 1 is 1.15 bits per heavy atom. The highest BCUT2D eigenvalue weighted by atomic mass is 79.9. The number of amides is 3. The number of hydrogen-bond donors (Lipinski definition) is 1. The average molecular weight is 533 g/mol. The summed E-state index contributed by atoms with van der Waals surface area (Å²) in [5, 5.41) is 2.16. The smallest absolute Gasteiger partial charge is 0.344 e. The van der Waals surface area contributed by atoms with Crippen molar-refractivity contribution in [2.24, 2.45) is 0 Å². The third kappa shape index (κ3) is 6.69. The summed E-state index contributed by atoms with van der Waals surface area (Å²) in [5.41, 5.74) is 2.28. The van der Waals surface area contributed by atoms with Gasteiger partial charge in [0.2, 0.25) is 5.91 Å². The molecule has 0 atom stereocenters. The van der Waals surface area contributed by atoms with Gasteiger partial charge in [-0.3, -0.25) is 19.3 Å². The van der Waals surface area contributed by atoms with E-state index in [1.54, 1.807) is 43.3 Å². The number of aryl methyl sites for hydroxylation is 1. The molecule has 172 valence electrons. The molecule has 8 nitrogen and oxygen atoms in total. The molecule has 0 radical (unpaired) electrons. The molecule has 1 N–H and O–H groups in total. The van der Waals surface area contributed by atoms with Crippen molar-refractivity contribution < 1.29 is 28.7 Å². The number of halogens is 1. The number of nitrogens with one attached hydrogen (secondary N) is 1. The van der Waals surface area contributed by atoms with Gasteiger partial charge in [0.1, 0.15) is 12.3 Å². The lowest BCUT2D eigenvalue weighted by Gasteiger charge is -2.12. The molecule has 33 heavy (non-hydrogen) atoms. The summed E-state index contributed by atoms with van der Waals surface area (Å²) in [4.78, 5) is 49.9. The van der Waals surface area contributed by atoms with Gasteiger partial charge in [0, 0.05) is 5.69 Å². The zero-order valence-electron chi connectivity index (χ0n) is 17.9. The highest BCUT2D eigenvalue weighted by Gasteiger charge is 2.36. The van der Waals surface area contributed by atoms with Crippen LogP contribution in [0, 0.1) is 6.92 Å². The molecule has 0 aliphatic carbocycles. The maximum absolute atomic E-state index is 12.7. The summed E-state index contributed by atoms with van der Waals surface area (Å²) < 4.78 is 10.8. The average Bonchev–Trinajstić information content (AvgIpc) is 3.02. The van der Waals surface area contributed by atoms with Gasteiger partial charge in [-0.15, -0.1) is 0 Å². The topological polar surface area (TPSA) is 102 Å². The number of hydrogen-bond acceptors (Lipinski definition) is 7. The third-order valence-electron chi connectivity index (χ3n) is 4.42. The van der Waals surface area contributed by atoms with E-state index in [2.05, 4.69) is 21.2 Å². The molecule has 0 spiro atoms. The van der Waals surface area contributed by atoms with Crippen molar-refractivity contribution in [3.05, 3.63) is 63.0 Å². The second-order valence-corrected chi connectivity index (χ2v) is 8.81. The SMILES string of the molecule is CCOC(=O)COc1ccc(/C=C2/SC(=O)N(CC(=O)Nc3ccc(C)cc3)C2=O)cc1Br. The third-order valence-corrected chi connectivity index (χ3v) is 5.94. The molecular weight excluding hydrogens is 512 g/mol. The largest absolute Gasteiger partial charge is 0.481 e. The van der Waals surface area contributed by atoms with Crippen LogP contribution >= 0.6 is 27.7 Å². The Labute approximate surface area is 203 Å². The number of carbonyl (C=O) groups excluding carboxylic acids is 4. The fourth-order valence-electron chi connectivity index (χ4n) is 2.83. The van der Waals surface area contributed by atoms with E-state index >= 15 is 0 Å². The molecule has 1 fully saturated rings. The zero-order chi connectivity index (χ0) is 24.0. The number of esters is 1. The molecule has 10 heteroatoms. The van der Waals surface area contributed by atoms with E-state index in [0.717, 1.165) is 22.2 Å². The second-order valence-electron chi connectivity index (χ2n) is 6.97. The van der Waals surface area contributed by atoms with Crippen molar-refractivity contribution in [1.29, 1.82) is 0 Å². The molecule has 0 unspecified atom stereocenters. The predicted molar refractivity (Wildman–Crippen MR) is 129 cm³/mol.